The molecule has 0 rings (SSSR count). The number of hydrogen-bond acceptors (Lipinski definition) is 5. The molecule has 69 heavy (non-hydrogen) atoms. The molecule has 3 N–H and O–H groups in total. The van der Waals surface area contributed by atoms with Crippen LogP contribution in [0.3, 0.4) is 0 Å². The van der Waals surface area contributed by atoms with Crippen molar-refractivity contribution in [3.8, 4) is 0 Å². The molecule has 3 atom stereocenters. The molecule has 3 unspecified atom stereocenters. The Bertz CT molecular complexity index is 1260. The summed E-state index contributed by atoms with van der Waals surface area (Å²) in [6.45, 7) is 4.76. The lowest BCUT2D eigenvalue weighted by Crippen LogP contribution is -2.46. The van der Waals surface area contributed by atoms with Crippen LogP contribution in [0.15, 0.2) is 48.6 Å². The number of likely N-dealkylation sites (N-methyl/N-ethyl adjacent to an activating group) is 1. The Hall–Kier alpha value is -1.54. The van der Waals surface area contributed by atoms with Crippen molar-refractivity contribution in [2.24, 2.45) is 0 Å². The zero-order valence-electron chi connectivity index (χ0n) is 46.3. The van der Waals surface area contributed by atoms with Crippen molar-refractivity contribution < 1.29 is 32.9 Å². The molecule has 0 fully saturated rings. The Kier molecular flexibility index (Phi) is 50.2. The molecule has 0 aromatic carbocycles. The third-order valence-electron chi connectivity index (χ3n) is 13.3. The predicted molar refractivity (Wildman–Crippen MR) is 300 cm³/mol. The van der Waals surface area contributed by atoms with Crippen LogP contribution in [0.5, 0.6) is 0 Å². The van der Waals surface area contributed by atoms with Gasteiger partial charge in [-0.05, 0) is 51.4 Å². The lowest BCUT2D eigenvalue weighted by Gasteiger charge is -2.26. The maximum Gasteiger partial charge on any atom is 0.472 e. The molecule has 0 saturated heterocycles. The molecule has 0 bridgehead atoms. The second-order valence-corrected chi connectivity index (χ2v) is 22.8. The summed E-state index contributed by atoms with van der Waals surface area (Å²) < 4.78 is 23.6. The lowest BCUT2D eigenvalue weighted by molar-refractivity contribution is -0.870. The number of aliphatic hydroxyl groups excluding tert-OH is 1. The van der Waals surface area contributed by atoms with E-state index in [9.17, 15) is 19.4 Å². The van der Waals surface area contributed by atoms with Gasteiger partial charge < -0.3 is 19.8 Å². The first kappa shape index (κ1) is 67.5. The van der Waals surface area contributed by atoms with Crippen LogP contribution in [0.4, 0.5) is 0 Å². The molecule has 0 aliphatic heterocycles. The Morgan fingerprint density at radius 1 is 0.507 bits per heavy atom. The molecule has 0 spiro atoms. The van der Waals surface area contributed by atoms with Crippen molar-refractivity contribution in [1.29, 1.82) is 0 Å². The quantitative estimate of drug-likeness (QED) is 0.0243. The van der Waals surface area contributed by atoms with Gasteiger partial charge in [0.05, 0.1) is 39.9 Å². The molecule has 406 valence electrons. The molecule has 9 heteroatoms. The predicted octanol–water partition coefficient (Wildman–Crippen LogP) is 17.9. The van der Waals surface area contributed by atoms with Gasteiger partial charge in [0.25, 0.3) is 0 Å². The normalized spacial score (nSPS) is 14.2. The minimum absolute atomic E-state index is 0.0760. The zero-order valence-corrected chi connectivity index (χ0v) is 47.2. The van der Waals surface area contributed by atoms with E-state index in [2.05, 4.69) is 67.8 Å². The van der Waals surface area contributed by atoms with E-state index in [0.29, 0.717) is 23.9 Å². The fourth-order valence-electron chi connectivity index (χ4n) is 8.75. The molecule has 0 saturated carbocycles. The van der Waals surface area contributed by atoms with Gasteiger partial charge in [-0.1, -0.05) is 268 Å². The number of unbranched alkanes of at least 4 members (excludes halogenated alkanes) is 33. The number of carbonyl (C=O) groups excluding carboxylic acids is 1. The Balaban J connectivity index is 3.75. The van der Waals surface area contributed by atoms with E-state index in [-0.39, 0.29) is 19.1 Å². The molecule has 8 nitrogen and oxygen atoms in total. The van der Waals surface area contributed by atoms with Crippen LogP contribution in [-0.4, -0.2) is 73.4 Å². The van der Waals surface area contributed by atoms with Gasteiger partial charge in [0.1, 0.15) is 13.2 Å². The average Bonchev–Trinajstić information content (AvgIpc) is 3.31. The van der Waals surface area contributed by atoms with Crippen molar-refractivity contribution in [3.63, 3.8) is 0 Å². The van der Waals surface area contributed by atoms with E-state index in [0.717, 1.165) is 64.2 Å². The van der Waals surface area contributed by atoms with Crippen molar-refractivity contribution in [1.82, 2.24) is 5.32 Å². The van der Waals surface area contributed by atoms with Gasteiger partial charge >= 0.3 is 7.82 Å². The van der Waals surface area contributed by atoms with E-state index in [1.54, 1.807) is 0 Å². The van der Waals surface area contributed by atoms with Gasteiger partial charge in [-0.3, -0.25) is 13.8 Å². The Morgan fingerprint density at radius 2 is 0.870 bits per heavy atom. The highest BCUT2D eigenvalue weighted by molar-refractivity contribution is 7.47. The Labute approximate surface area is 429 Å². The number of carbonyl (C=O) groups is 1. The first-order valence-electron chi connectivity index (χ1n) is 29.5. The summed E-state index contributed by atoms with van der Waals surface area (Å²) in [5.41, 5.74) is 0. The molecule has 0 aromatic rings. The highest BCUT2D eigenvalue weighted by Crippen LogP contribution is 2.43. The van der Waals surface area contributed by atoms with Gasteiger partial charge in [0.15, 0.2) is 0 Å². The van der Waals surface area contributed by atoms with Gasteiger partial charge in [-0.15, -0.1) is 0 Å². The third kappa shape index (κ3) is 54.1. The van der Waals surface area contributed by atoms with Crippen molar-refractivity contribution in [3.05, 3.63) is 48.6 Å². The van der Waals surface area contributed by atoms with E-state index in [4.69, 9.17) is 9.05 Å². The molecular weight excluding hydrogens is 876 g/mol. The van der Waals surface area contributed by atoms with E-state index in [1.807, 2.05) is 21.1 Å². The number of quaternary nitrogens is 1. The molecule has 0 aliphatic carbocycles. The maximum atomic E-state index is 12.9. The number of aliphatic hydroxyl groups is 1. The maximum absolute atomic E-state index is 12.9. The van der Waals surface area contributed by atoms with Crippen LogP contribution in [0.1, 0.15) is 277 Å². The number of rotatable bonds is 54. The largest absolute Gasteiger partial charge is 0.472 e. The van der Waals surface area contributed by atoms with Crippen LogP contribution in [0.2, 0.25) is 0 Å². The molecular formula is C60H116N2O6P+. The van der Waals surface area contributed by atoms with E-state index in [1.165, 1.54) is 186 Å². The first-order chi connectivity index (χ1) is 33.5. The number of nitrogens with one attached hydrogen (secondary N) is 1. The summed E-state index contributed by atoms with van der Waals surface area (Å²) in [6, 6.07) is -0.756. The minimum Gasteiger partial charge on any atom is -0.391 e. The van der Waals surface area contributed by atoms with Gasteiger partial charge in [-0.2, -0.15) is 0 Å². The SMILES string of the molecule is CC/C=C\C/C=C\C/C=C\C/C=C\CCCCCCCCCCCCCCCCCCCCCCCCCCCCC(=O)NC(COP(=O)(O)OCC[N+](C)(C)C)C(O)CCCCCCCCCC. The molecule has 0 aliphatic rings. The number of phosphoric acid groups is 1. The van der Waals surface area contributed by atoms with Crippen molar-refractivity contribution in [2.45, 2.75) is 289 Å². The highest BCUT2D eigenvalue weighted by atomic mass is 31.2. The molecule has 1 amide bonds. The number of allylic oxidation sites excluding steroid dienone is 8. The fraction of sp³-hybridized carbons (Fsp3) is 0.850. The number of phosphoric ester groups is 1. The third-order valence-corrected chi connectivity index (χ3v) is 14.3. The summed E-state index contributed by atoms with van der Waals surface area (Å²) in [5.74, 6) is -0.143. The monoisotopic (exact) mass is 992 g/mol. The van der Waals surface area contributed by atoms with E-state index < -0.39 is 20.0 Å². The number of hydrogen-bond donors (Lipinski definition) is 3. The highest BCUT2D eigenvalue weighted by Gasteiger charge is 2.28. The van der Waals surface area contributed by atoms with Gasteiger partial charge in [0.2, 0.25) is 5.91 Å². The average molecular weight is 993 g/mol. The Morgan fingerprint density at radius 3 is 1.28 bits per heavy atom. The topological polar surface area (TPSA) is 105 Å². The van der Waals surface area contributed by atoms with Crippen LogP contribution < -0.4 is 5.32 Å². The standard InChI is InChI=1S/C60H115N2O6P/c1-6-8-10-12-14-16-17-18-19-20-21-22-23-24-25-26-27-28-29-30-31-32-33-34-35-36-37-38-39-40-41-42-43-44-45-46-48-50-52-54-60(64)61-58(57-68-69(65,66)67-56-55-62(3,4)5)59(63)53-51-49-47-15-13-11-9-7-2/h8,10,14,16,18-19,21-22,58-59,63H,6-7,9,11-13,15,17,20,23-57H2,1-5H3,(H-,61,64,65,66)/p+1/b10-8-,16-14-,19-18-,22-21-. The van der Waals surface area contributed by atoms with Crippen molar-refractivity contribution in [2.75, 3.05) is 40.9 Å². The summed E-state index contributed by atoms with van der Waals surface area (Å²) >= 11 is 0. The molecule has 0 heterocycles. The second-order valence-electron chi connectivity index (χ2n) is 21.3. The van der Waals surface area contributed by atoms with Crippen LogP contribution >= 0.6 is 7.82 Å². The molecule has 0 aromatic heterocycles. The van der Waals surface area contributed by atoms with Crippen LogP contribution in [-0.2, 0) is 18.4 Å². The fourth-order valence-corrected chi connectivity index (χ4v) is 9.48. The van der Waals surface area contributed by atoms with Gasteiger partial charge in [-0.25, -0.2) is 4.57 Å². The summed E-state index contributed by atoms with van der Waals surface area (Å²) in [6.07, 6.45) is 67.9. The van der Waals surface area contributed by atoms with E-state index >= 15 is 0 Å². The van der Waals surface area contributed by atoms with Crippen LogP contribution in [0, 0.1) is 0 Å². The molecule has 0 radical (unpaired) electrons. The van der Waals surface area contributed by atoms with Crippen LogP contribution in [0.25, 0.3) is 0 Å². The number of nitrogens with zero attached hydrogens (tertiary/aromatic N) is 1. The zero-order chi connectivity index (χ0) is 50.6. The minimum atomic E-state index is -4.31. The smallest absolute Gasteiger partial charge is 0.391 e. The summed E-state index contributed by atoms with van der Waals surface area (Å²) in [5, 5.41) is 13.9. The summed E-state index contributed by atoms with van der Waals surface area (Å²) in [7, 11) is 1.62. The summed E-state index contributed by atoms with van der Waals surface area (Å²) in [4.78, 5) is 23.2. The first-order valence-corrected chi connectivity index (χ1v) is 31.0. The van der Waals surface area contributed by atoms with Crippen molar-refractivity contribution >= 4 is 13.7 Å². The number of amides is 1. The second kappa shape index (κ2) is 51.4. The lowest BCUT2D eigenvalue weighted by atomic mass is 10.0. The van der Waals surface area contributed by atoms with Gasteiger partial charge in [0, 0.05) is 6.42 Å².